The highest BCUT2D eigenvalue weighted by Gasteiger charge is 2.40. The first-order valence-corrected chi connectivity index (χ1v) is 9.32. The molecule has 0 atom stereocenters. The molecule has 1 heterocycles. The van der Waals surface area contributed by atoms with Gasteiger partial charge in [-0.25, -0.2) is 0 Å². The molecule has 0 unspecified atom stereocenters. The molecule has 3 heteroatoms. The van der Waals surface area contributed by atoms with Crippen molar-refractivity contribution < 1.29 is 9.16 Å². The predicted octanol–water partition coefficient (Wildman–Crippen LogP) is 4.54. The second-order valence-electron chi connectivity index (χ2n) is 6.31. The van der Waals surface area contributed by atoms with E-state index in [1.54, 1.807) is 0 Å². The zero-order chi connectivity index (χ0) is 13.4. The van der Waals surface area contributed by atoms with Gasteiger partial charge in [-0.2, -0.15) is 0 Å². The van der Waals surface area contributed by atoms with Crippen molar-refractivity contribution >= 4 is 14.4 Å². The number of benzene rings is 1. The van der Waals surface area contributed by atoms with E-state index >= 15 is 0 Å². The van der Waals surface area contributed by atoms with Crippen molar-refractivity contribution in [3.8, 4) is 0 Å². The fourth-order valence-corrected chi connectivity index (χ4v) is 2.51. The van der Waals surface area contributed by atoms with Gasteiger partial charge in [0.25, 0.3) is 14.3 Å². The van der Waals surface area contributed by atoms with Crippen molar-refractivity contribution in [1.82, 2.24) is 0 Å². The Morgan fingerprint density at radius 2 is 1.83 bits per heavy atom. The summed E-state index contributed by atoms with van der Waals surface area (Å²) in [6.07, 6.45) is 2.01. The Balaban J connectivity index is 2.21. The van der Waals surface area contributed by atoms with Gasteiger partial charge in [0.1, 0.15) is 6.61 Å². The summed E-state index contributed by atoms with van der Waals surface area (Å²) in [4.78, 5) is 0. The molecule has 0 aliphatic carbocycles. The number of ether oxygens (including phenoxy) is 1. The molecule has 0 aromatic heterocycles. The van der Waals surface area contributed by atoms with E-state index in [-0.39, 0.29) is 5.04 Å². The lowest BCUT2D eigenvalue weighted by atomic mass is 10.1. The van der Waals surface area contributed by atoms with Crippen molar-refractivity contribution in [3.05, 3.63) is 41.3 Å². The molecule has 0 N–H and O–H groups in total. The van der Waals surface area contributed by atoms with Crippen molar-refractivity contribution in [2.75, 3.05) is 0 Å². The monoisotopic (exact) mass is 262 g/mol. The van der Waals surface area contributed by atoms with E-state index in [0.29, 0.717) is 12.6 Å². The standard InChI is InChI=1S/C15H22O2Si/c1-15(2,3)18(4,5)17-14-10-12-8-6-7-9-13(12)11-16-14/h6-10H,11H2,1-5H3. The Kier molecular flexibility index (Phi) is 3.28. The van der Waals surface area contributed by atoms with E-state index in [9.17, 15) is 0 Å². The molecule has 0 radical (unpaired) electrons. The minimum absolute atomic E-state index is 0.189. The summed E-state index contributed by atoms with van der Waals surface area (Å²) >= 11 is 0. The Hall–Kier alpha value is -1.22. The van der Waals surface area contributed by atoms with Gasteiger partial charge in [0.05, 0.1) is 0 Å². The molecule has 1 aromatic rings. The highest BCUT2D eigenvalue weighted by molar-refractivity contribution is 6.74. The van der Waals surface area contributed by atoms with Gasteiger partial charge in [-0.1, -0.05) is 45.0 Å². The number of rotatable bonds is 2. The van der Waals surface area contributed by atoms with Crippen LogP contribution in [0, 0.1) is 0 Å². The summed E-state index contributed by atoms with van der Waals surface area (Å²) in [6, 6.07) is 8.28. The van der Waals surface area contributed by atoms with Gasteiger partial charge in [0.15, 0.2) is 0 Å². The Labute approximate surface area is 111 Å². The van der Waals surface area contributed by atoms with Crippen LogP contribution < -0.4 is 0 Å². The van der Waals surface area contributed by atoms with Gasteiger partial charge in [-0.15, -0.1) is 0 Å². The average Bonchev–Trinajstić information content (AvgIpc) is 2.27. The van der Waals surface area contributed by atoms with Gasteiger partial charge >= 0.3 is 0 Å². The fourth-order valence-electron chi connectivity index (χ4n) is 1.59. The van der Waals surface area contributed by atoms with E-state index in [1.165, 1.54) is 11.1 Å². The van der Waals surface area contributed by atoms with Crippen LogP contribution in [0.15, 0.2) is 30.2 Å². The van der Waals surface area contributed by atoms with Crippen molar-refractivity contribution in [2.45, 2.75) is 45.5 Å². The molecule has 0 bridgehead atoms. The smallest absolute Gasteiger partial charge is 0.266 e. The summed E-state index contributed by atoms with van der Waals surface area (Å²) < 4.78 is 11.9. The van der Waals surface area contributed by atoms with Gasteiger partial charge in [0.2, 0.25) is 0 Å². The van der Waals surface area contributed by atoms with E-state index < -0.39 is 8.32 Å². The van der Waals surface area contributed by atoms with Crippen LogP contribution in [0.2, 0.25) is 18.1 Å². The van der Waals surface area contributed by atoms with Gasteiger partial charge in [-0.3, -0.25) is 0 Å². The van der Waals surface area contributed by atoms with Crippen LogP contribution in [0.5, 0.6) is 0 Å². The second kappa shape index (κ2) is 4.46. The minimum Gasteiger partial charge on any atom is -0.519 e. The summed E-state index contributed by atoms with van der Waals surface area (Å²) in [5.41, 5.74) is 2.43. The maximum absolute atomic E-state index is 6.18. The fraction of sp³-hybridized carbons (Fsp3) is 0.467. The maximum atomic E-state index is 6.18. The topological polar surface area (TPSA) is 18.5 Å². The number of hydrogen-bond acceptors (Lipinski definition) is 2. The van der Waals surface area contributed by atoms with E-state index in [2.05, 4.69) is 46.0 Å². The summed E-state index contributed by atoms with van der Waals surface area (Å²) in [5.74, 6) is 0.681. The molecule has 2 rings (SSSR count). The zero-order valence-electron chi connectivity index (χ0n) is 11.9. The normalized spacial score (nSPS) is 15.5. The first kappa shape index (κ1) is 13.2. The molecule has 98 valence electrons. The van der Waals surface area contributed by atoms with Gasteiger partial charge in [-0.05, 0) is 29.3 Å². The highest BCUT2D eigenvalue weighted by atomic mass is 28.4. The van der Waals surface area contributed by atoms with Gasteiger partial charge in [0, 0.05) is 6.08 Å². The molecular weight excluding hydrogens is 240 g/mol. The first-order chi connectivity index (χ1) is 8.29. The number of hydrogen-bond donors (Lipinski definition) is 0. The van der Waals surface area contributed by atoms with Crippen LogP contribution in [-0.2, 0) is 15.8 Å². The molecule has 0 fully saturated rings. The molecule has 0 spiro atoms. The predicted molar refractivity (Wildman–Crippen MR) is 77.5 cm³/mol. The SMILES string of the molecule is CC(C)(C)[Si](C)(C)OC1=Cc2ccccc2CO1. The van der Waals surface area contributed by atoms with E-state index in [0.717, 1.165) is 0 Å². The van der Waals surface area contributed by atoms with Crippen molar-refractivity contribution in [3.63, 3.8) is 0 Å². The third-order valence-electron chi connectivity index (χ3n) is 3.86. The zero-order valence-corrected chi connectivity index (χ0v) is 12.9. The first-order valence-electron chi connectivity index (χ1n) is 6.41. The molecule has 1 aromatic carbocycles. The highest BCUT2D eigenvalue weighted by Crippen LogP contribution is 2.39. The van der Waals surface area contributed by atoms with E-state index in [4.69, 9.17) is 9.16 Å². The molecule has 1 aliphatic rings. The van der Waals surface area contributed by atoms with Gasteiger partial charge < -0.3 is 9.16 Å². The Morgan fingerprint density at radius 1 is 1.17 bits per heavy atom. The third kappa shape index (κ3) is 2.61. The van der Waals surface area contributed by atoms with Crippen LogP contribution >= 0.6 is 0 Å². The molecule has 0 amide bonds. The molecule has 18 heavy (non-hydrogen) atoms. The Bertz CT molecular complexity index is 470. The quantitative estimate of drug-likeness (QED) is 0.729. The molecule has 2 nitrogen and oxygen atoms in total. The van der Waals surface area contributed by atoms with Crippen LogP contribution in [-0.4, -0.2) is 8.32 Å². The minimum atomic E-state index is -1.81. The van der Waals surface area contributed by atoms with Crippen LogP contribution in [0.4, 0.5) is 0 Å². The van der Waals surface area contributed by atoms with Crippen LogP contribution in [0.25, 0.3) is 6.08 Å². The van der Waals surface area contributed by atoms with E-state index in [1.807, 2.05) is 18.2 Å². The average molecular weight is 262 g/mol. The second-order valence-corrected chi connectivity index (χ2v) is 11.0. The molecular formula is C15H22O2Si. The summed E-state index contributed by atoms with van der Waals surface area (Å²) in [5, 5.41) is 0.189. The lowest BCUT2D eigenvalue weighted by Gasteiger charge is -2.37. The lowest BCUT2D eigenvalue weighted by molar-refractivity contribution is 0.0882. The lowest BCUT2D eigenvalue weighted by Crippen LogP contribution is -2.40. The van der Waals surface area contributed by atoms with Crippen molar-refractivity contribution in [1.29, 1.82) is 0 Å². The van der Waals surface area contributed by atoms with Crippen LogP contribution in [0.3, 0.4) is 0 Å². The molecule has 1 aliphatic heterocycles. The van der Waals surface area contributed by atoms with Crippen molar-refractivity contribution in [2.24, 2.45) is 0 Å². The largest absolute Gasteiger partial charge is 0.519 e. The maximum Gasteiger partial charge on any atom is 0.266 e. The number of fused-ring (bicyclic) bond motifs is 1. The Morgan fingerprint density at radius 3 is 2.50 bits per heavy atom. The molecule has 0 saturated carbocycles. The van der Waals surface area contributed by atoms with Crippen LogP contribution in [0.1, 0.15) is 31.9 Å². The molecule has 0 saturated heterocycles. The summed E-state index contributed by atoms with van der Waals surface area (Å²) in [6.45, 7) is 11.8. The third-order valence-corrected chi connectivity index (χ3v) is 8.18. The summed E-state index contributed by atoms with van der Waals surface area (Å²) in [7, 11) is -1.81.